The second-order valence-electron chi connectivity index (χ2n) is 4.59. The first kappa shape index (κ1) is 9.97. The van der Waals surface area contributed by atoms with Crippen LogP contribution in [0.25, 0.3) is 0 Å². The van der Waals surface area contributed by atoms with Crippen molar-refractivity contribution >= 4 is 5.91 Å². The predicted octanol–water partition coefficient (Wildman–Crippen LogP) is 0.997. The van der Waals surface area contributed by atoms with Crippen LogP contribution in [0, 0.1) is 5.92 Å². The fraction of sp³-hybridized carbons (Fsp3) is 0.909. The molecule has 0 aromatic carbocycles. The van der Waals surface area contributed by atoms with Gasteiger partial charge < -0.3 is 10.2 Å². The minimum Gasteiger partial charge on any atom is -0.343 e. The van der Waals surface area contributed by atoms with Crippen molar-refractivity contribution in [1.82, 2.24) is 10.2 Å². The Morgan fingerprint density at radius 3 is 2.43 bits per heavy atom. The molecule has 0 bridgehead atoms. The van der Waals surface area contributed by atoms with E-state index in [1.165, 1.54) is 12.8 Å². The molecular weight excluding hydrogens is 176 g/mol. The van der Waals surface area contributed by atoms with Crippen molar-refractivity contribution in [2.45, 2.75) is 38.1 Å². The lowest BCUT2D eigenvalue weighted by Gasteiger charge is -2.31. The molecule has 3 heteroatoms. The van der Waals surface area contributed by atoms with Crippen LogP contribution < -0.4 is 5.32 Å². The molecule has 0 atom stereocenters. The third kappa shape index (κ3) is 2.47. The van der Waals surface area contributed by atoms with E-state index in [0.717, 1.165) is 38.3 Å². The average Bonchev–Trinajstić information content (AvgIpc) is 3.02. The van der Waals surface area contributed by atoms with Crippen LogP contribution in [0.4, 0.5) is 0 Å². The Kier molecular flexibility index (Phi) is 3.06. The molecule has 1 aliphatic heterocycles. The molecule has 0 unspecified atom stereocenters. The third-order valence-corrected chi connectivity index (χ3v) is 3.42. The maximum atomic E-state index is 11.7. The summed E-state index contributed by atoms with van der Waals surface area (Å²) in [4.78, 5) is 13.8. The molecule has 1 heterocycles. The number of amides is 1. The van der Waals surface area contributed by atoms with Gasteiger partial charge >= 0.3 is 0 Å². The normalized spacial score (nSPS) is 23.9. The van der Waals surface area contributed by atoms with Gasteiger partial charge in [0.15, 0.2) is 0 Å². The number of carbonyl (C=O) groups is 1. The van der Waals surface area contributed by atoms with Gasteiger partial charge in [-0.1, -0.05) is 0 Å². The van der Waals surface area contributed by atoms with Crippen molar-refractivity contribution < 1.29 is 4.79 Å². The molecule has 1 aliphatic carbocycles. The lowest BCUT2D eigenvalue weighted by atomic mass is 10.0. The van der Waals surface area contributed by atoms with E-state index in [1.54, 1.807) is 0 Å². The lowest BCUT2D eigenvalue weighted by molar-refractivity contribution is -0.132. The Morgan fingerprint density at radius 1 is 1.29 bits per heavy atom. The van der Waals surface area contributed by atoms with Crippen LogP contribution in [0.5, 0.6) is 0 Å². The Morgan fingerprint density at radius 2 is 1.93 bits per heavy atom. The molecular formula is C11H20N2O. The van der Waals surface area contributed by atoms with Gasteiger partial charge in [0, 0.05) is 25.6 Å². The summed E-state index contributed by atoms with van der Waals surface area (Å²) in [5, 5.41) is 3.28. The summed E-state index contributed by atoms with van der Waals surface area (Å²) in [7, 11) is 2.01. The molecule has 0 aromatic rings. The smallest absolute Gasteiger partial charge is 0.222 e. The summed E-state index contributed by atoms with van der Waals surface area (Å²) in [6.45, 7) is 1.91. The van der Waals surface area contributed by atoms with Gasteiger partial charge in [-0.25, -0.2) is 0 Å². The van der Waals surface area contributed by atoms with E-state index in [0.29, 0.717) is 11.9 Å². The first-order valence-corrected chi connectivity index (χ1v) is 5.74. The summed E-state index contributed by atoms with van der Waals surface area (Å²) in [6.07, 6.45) is 5.60. The molecule has 3 nitrogen and oxygen atoms in total. The largest absolute Gasteiger partial charge is 0.343 e. The van der Waals surface area contributed by atoms with Crippen LogP contribution >= 0.6 is 0 Å². The number of piperidine rings is 1. The third-order valence-electron chi connectivity index (χ3n) is 3.42. The van der Waals surface area contributed by atoms with Gasteiger partial charge in [0.25, 0.3) is 0 Å². The highest BCUT2D eigenvalue weighted by molar-refractivity contribution is 5.76. The van der Waals surface area contributed by atoms with Gasteiger partial charge in [-0.15, -0.1) is 0 Å². The van der Waals surface area contributed by atoms with Crippen LogP contribution in [-0.2, 0) is 4.79 Å². The fourth-order valence-corrected chi connectivity index (χ4v) is 2.12. The number of nitrogens with one attached hydrogen (secondary N) is 1. The molecule has 80 valence electrons. The quantitative estimate of drug-likeness (QED) is 0.730. The van der Waals surface area contributed by atoms with Gasteiger partial charge in [0.1, 0.15) is 0 Å². The predicted molar refractivity (Wildman–Crippen MR) is 56.0 cm³/mol. The molecule has 1 amide bonds. The maximum absolute atomic E-state index is 11.7. The Bertz CT molecular complexity index is 205. The van der Waals surface area contributed by atoms with E-state index >= 15 is 0 Å². The van der Waals surface area contributed by atoms with E-state index in [1.807, 2.05) is 11.9 Å². The van der Waals surface area contributed by atoms with Crippen molar-refractivity contribution in [3.8, 4) is 0 Å². The maximum Gasteiger partial charge on any atom is 0.222 e. The van der Waals surface area contributed by atoms with E-state index in [-0.39, 0.29) is 0 Å². The van der Waals surface area contributed by atoms with Crippen molar-refractivity contribution in [3.63, 3.8) is 0 Å². The zero-order chi connectivity index (χ0) is 9.97. The first-order valence-electron chi connectivity index (χ1n) is 5.74. The summed E-state index contributed by atoms with van der Waals surface area (Å²) >= 11 is 0. The fourth-order valence-electron chi connectivity index (χ4n) is 2.12. The van der Waals surface area contributed by atoms with Crippen LogP contribution in [0.2, 0.25) is 0 Å². The highest BCUT2D eigenvalue weighted by Crippen LogP contribution is 2.33. The van der Waals surface area contributed by atoms with Gasteiger partial charge in [-0.2, -0.15) is 0 Å². The first-order chi connectivity index (χ1) is 6.79. The Balaban J connectivity index is 1.73. The van der Waals surface area contributed by atoms with E-state index in [2.05, 4.69) is 5.32 Å². The number of rotatable bonds is 3. The number of nitrogens with zero attached hydrogens (tertiary/aromatic N) is 1. The average molecular weight is 196 g/mol. The standard InChI is InChI=1S/C11H20N2O/c1-12-10-4-6-13(7-5-10)11(14)8-9-2-3-9/h9-10,12H,2-8H2,1H3. The van der Waals surface area contributed by atoms with Crippen LogP contribution in [-0.4, -0.2) is 37.0 Å². The lowest BCUT2D eigenvalue weighted by Crippen LogP contribution is -2.44. The minimum atomic E-state index is 0.391. The van der Waals surface area contributed by atoms with Crippen LogP contribution in [0.15, 0.2) is 0 Å². The second-order valence-corrected chi connectivity index (χ2v) is 4.59. The highest BCUT2D eigenvalue weighted by Gasteiger charge is 2.28. The summed E-state index contributed by atoms with van der Waals surface area (Å²) < 4.78 is 0. The van der Waals surface area contributed by atoms with Gasteiger partial charge in [0.05, 0.1) is 0 Å². The van der Waals surface area contributed by atoms with Crippen molar-refractivity contribution in [2.24, 2.45) is 5.92 Å². The number of carbonyl (C=O) groups excluding carboxylic acids is 1. The monoisotopic (exact) mass is 196 g/mol. The Labute approximate surface area is 85.8 Å². The molecule has 0 radical (unpaired) electrons. The van der Waals surface area contributed by atoms with Gasteiger partial charge in [-0.3, -0.25) is 4.79 Å². The van der Waals surface area contributed by atoms with E-state index < -0.39 is 0 Å². The minimum absolute atomic E-state index is 0.391. The molecule has 1 saturated heterocycles. The highest BCUT2D eigenvalue weighted by atomic mass is 16.2. The number of likely N-dealkylation sites (tertiary alicyclic amines) is 1. The van der Waals surface area contributed by atoms with Gasteiger partial charge in [-0.05, 0) is 38.6 Å². The number of hydrogen-bond donors (Lipinski definition) is 1. The van der Waals surface area contributed by atoms with E-state index in [4.69, 9.17) is 0 Å². The molecule has 14 heavy (non-hydrogen) atoms. The number of hydrogen-bond acceptors (Lipinski definition) is 2. The van der Waals surface area contributed by atoms with Gasteiger partial charge in [0.2, 0.25) is 5.91 Å². The SMILES string of the molecule is CNC1CCN(C(=O)CC2CC2)CC1. The van der Waals surface area contributed by atoms with E-state index in [9.17, 15) is 4.79 Å². The topological polar surface area (TPSA) is 32.3 Å². The summed E-state index contributed by atoms with van der Waals surface area (Å²) in [6, 6.07) is 0.625. The van der Waals surface area contributed by atoms with Crippen molar-refractivity contribution in [3.05, 3.63) is 0 Å². The Hall–Kier alpha value is -0.570. The molecule has 2 fully saturated rings. The van der Waals surface area contributed by atoms with Crippen LogP contribution in [0.3, 0.4) is 0 Å². The molecule has 0 spiro atoms. The molecule has 2 aliphatic rings. The molecule has 1 N–H and O–H groups in total. The molecule has 0 aromatic heterocycles. The van der Waals surface area contributed by atoms with Crippen molar-refractivity contribution in [2.75, 3.05) is 20.1 Å². The summed E-state index contributed by atoms with van der Waals surface area (Å²) in [5.74, 6) is 1.12. The zero-order valence-corrected chi connectivity index (χ0v) is 8.96. The second kappa shape index (κ2) is 4.30. The van der Waals surface area contributed by atoms with Crippen LogP contribution in [0.1, 0.15) is 32.1 Å². The molecule has 2 rings (SSSR count). The molecule has 1 saturated carbocycles. The zero-order valence-electron chi connectivity index (χ0n) is 8.96. The summed E-state index contributed by atoms with van der Waals surface area (Å²) in [5.41, 5.74) is 0. The van der Waals surface area contributed by atoms with Crippen molar-refractivity contribution in [1.29, 1.82) is 0 Å².